The fourth-order valence-electron chi connectivity index (χ4n) is 1.16. The first-order valence-electron chi connectivity index (χ1n) is 4.39. The van der Waals surface area contributed by atoms with E-state index in [1.807, 2.05) is 12.1 Å². The van der Waals surface area contributed by atoms with E-state index in [0.29, 0.717) is 6.61 Å². The average molecular weight is 300 g/mol. The molecular weight excluding hydrogens is 287 g/mol. The maximum absolute atomic E-state index is 5.57. The Kier molecular flexibility index (Phi) is 4.90. The van der Waals surface area contributed by atoms with Gasteiger partial charge in [0.25, 0.3) is 0 Å². The van der Waals surface area contributed by atoms with Crippen molar-refractivity contribution in [1.82, 2.24) is 0 Å². The Hall–Kier alpha value is -0.610. The van der Waals surface area contributed by atoms with Crippen LogP contribution in [-0.4, -0.2) is 6.61 Å². The van der Waals surface area contributed by atoms with Gasteiger partial charge in [0.05, 0.1) is 6.61 Å². The number of halogens is 1. The van der Waals surface area contributed by atoms with Crippen molar-refractivity contribution in [2.75, 3.05) is 6.61 Å². The third-order valence-corrected chi connectivity index (χ3v) is 2.80. The molecule has 74 valence electrons. The topological polar surface area (TPSA) is 9.23 Å². The van der Waals surface area contributed by atoms with Crippen LogP contribution in [0.4, 0.5) is 0 Å². The highest BCUT2D eigenvalue weighted by Crippen LogP contribution is 2.23. The molecule has 0 aliphatic carbocycles. The number of ether oxygens (including phenoxy) is 1. The Morgan fingerprint density at radius 2 is 2.07 bits per heavy atom. The zero-order valence-electron chi connectivity index (χ0n) is 7.95. The van der Waals surface area contributed by atoms with E-state index < -0.39 is 0 Å². The second-order valence-electron chi connectivity index (χ2n) is 2.80. The highest BCUT2D eigenvalue weighted by Gasteiger charge is 2.09. The number of rotatable bonds is 5. The van der Waals surface area contributed by atoms with Gasteiger partial charge in [-0.2, -0.15) is 0 Å². The molecule has 1 aromatic carbocycles. The van der Waals surface area contributed by atoms with Crippen molar-refractivity contribution in [1.29, 1.82) is 0 Å². The van der Waals surface area contributed by atoms with Gasteiger partial charge in [0.1, 0.15) is 6.10 Å². The Labute approximate surface area is 98.6 Å². The van der Waals surface area contributed by atoms with Gasteiger partial charge in [0.15, 0.2) is 0 Å². The molecule has 0 aromatic heterocycles. The summed E-state index contributed by atoms with van der Waals surface area (Å²) in [6.45, 7) is 7.93. The second-order valence-corrected chi connectivity index (χ2v) is 3.96. The second kappa shape index (κ2) is 5.98. The summed E-state index contributed by atoms with van der Waals surface area (Å²) in [5.74, 6) is 0. The SMILES string of the molecule is C=CCOC(C=C)c1ccccc1I. The van der Waals surface area contributed by atoms with Crippen LogP contribution < -0.4 is 0 Å². The molecule has 0 radical (unpaired) electrons. The zero-order valence-corrected chi connectivity index (χ0v) is 10.1. The highest BCUT2D eigenvalue weighted by molar-refractivity contribution is 14.1. The van der Waals surface area contributed by atoms with Gasteiger partial charge in [0.2, 0.25) is 0 Å². The molecular formula is C12H13IO. The van der Waals surface area contributed by atoms with E-state index in [4.69, 9.17) is 4.74 Å². The van der Waals surface area contributed by atoms with Gasteiger partial charge in [-0.05, 0) is 34.2 Å². The molecule has 1 unspecified atom stereocenters. The van der Waals surface area contributed by atoms with E-state index in [9.17, 15) is 0 Å². The lowest BCUT2D eigenvalue weighted by molar-refractivity contribution is 0.110. The fourth-order valence-corrected chi connectivity index (χ4v) is 1.86. The Morgan fingerprint density at radius 3 is 2.64 bits per heavy atom. The molecule has 0 amide bonds. The quantitative estimate of drug-likeness (QED) is 0.595. The lowest BCUT2D eigenvalue weighted by Gasteiger charge is -2.14. The van der Waals surface area contributed by atoms with E-state index in [1.165, 1.54) is 3.57 Å². The van der Waals surface area contributed by atoms with Crippen LogP contribution in [0.25, 0.3) is 0 Å². The molecule has 0 N–H and O–H groups in total. The smallest absolute Gasteiger partial charge is 0.102 e. The van der Waals surface area contributed by atoms with Crippen molar-refractivity contribution in [3.63, 3.8) is 0 Å². The molecule has 0 fully saturated rings. The molecule has 0 aliphatic heterocycles. The molecule has 1 atom stereocenters. The number of hydrogen-bond acceptors (Lipinski definition) is 1. The van der Waals surface area contributed by atoms with Crippen molar-refractivity contribution >= 4 is 22.6 Å². The molecule has 0 spiro atoms. The van der Waals surface area contributed by atoms with Crippen molar-refractivity contribution in [2.24, 2.45) is 0 Å². The van der Waals surface area contributed by atoms with Crippen molar-refractivity contribution < 1.29 is 4.74 Å². The van der Waals surface area contributed by atoms with Crippen molar-refractivity contribution in [3.05, 3.63) is 58.7 Å². The first-order valence-corrected chi connectivity index (χ1v) is 5.47. The Morgan fingerprint density at radius 1 is 1.36 bits per heavy atom. The molecule has 0 bridgehead atoms. The van der Waals surface area contributed by atoms with Crippen molar-refractivity contribution in [3.8, 4) is 0 Å². The van der Waals surface area contributed by atoms with Crippen LogP contribution in [0.15, 0.2) is 49.6 Å². The third kappa shape index (κ3) is 2.96. The molecule has 1 nitrogen and oxygen atoms in total. The standard InChI is InChI=1S/C12H13IO/c1-3-9-14-12(4-2)10-7-5-6-8-11(10)13/h3-8,12H,1-2,9H2. The lowest BCUT2D eigenvalue weighted by atomic mass is 10.1. The summed E-state index contributed by atoms with van der Waals surface area (Å²) >= 11 is 2.30. The summed E-state index contributed by atoms with van der Waals surface area (Å²) in [5, 5.41) is 0. The first kappa shape index (κ1) is 11.5. The molecule has 14 heavy (non-hydrogen) atoms. The molecule has 0 heterocycles. The maximum atomic E-state index is 5.57. The van der Waals surface area contributed by atoms with Crippen LogP contribution in [0.3, 0.4) is 0 Å². The van der Waals surface area contributed by atoms with E-state index in [0.717, 1.165) is 5.56 Å². The van der Waals surface area contributed by atoms with E-state index in [-0.39, 0.29) is 6.10 Å². The van der Waals surface area contributed by atoms with Gasteiger partial charge in [-0.3, -0.25) is 0 Å². The van der Waals surface area contributed by atoms with Crippen molar-refractivity contribution in [2.45, 2.75) is 6.10 Å². The molecule has 0 aliphatic rings. The monoisotopic (exact) mass is 300 g/mol. The largest absolute Gasteiger partial charge is 0.365 e. The van der Waals surface area contributed by atoms with Gasteiger partial charge in [-0.15, -0.1) is 13.2 Å². The summed E-state index contributed by atoms with van der Waals surface area (Å²) in [6, 6.07) is 8.13. The van der Waals surface area contributed by atoms with E-state index in [2.05, 4.69) is 47.9 Å². The van der Waals surface area contributed by atoms with Crippen LogP contribution in [0.2, 0.25) is 0 Å². The molecule has 2 heteroatoms. The summed E-state index contributed by atoms with van der Waals surface area (Å²) in [4.78, 5) is 0. The van der Waals surface area contributed by atoms with Gasteiger partial charge in [0, 0.05) is 3.57 Å². The van der Waals surface area contributed by atoms with E-state index >= 15 is 0 Å². The van der Waals surface area contributed by atoms with Crippen LogP contribution in [0, 0.1) is 3.57 Å². The minimum atomic E-state index is -0.0406. The molecule has 1 rings (SSSR count). The summed E-state index contributed by atoms with van der Waals surface area (Å²) in [6.07, 6.45) is 3.51. The lowest BCUT2D eigenvalue weighted by Crippen LogP contribution is -2.02. The van der Waals surface area contributed by atoms with Crippen LogP contribution in [0.1, 0.15) is 11.7 Å². The fraction of sp³-hybridized carbons (Fsp3) is 0.167. The normalized spacial score (nSPS) is 12.1. The van der Waals surface area contributed by atoms with Crippen LogP contribution >= 0.6 is 22.6 Å². The highest BCUT2D eigenvalue weighted by atomic mass is 127. The Bertz CT molecular complexity index is 320. The van der Waals surface area contributed by atoms with Gasteiger partial charge in [-0.1, -0.05) is 30.4 Å². The first-order chi connectivity index (χ1) is 6.79. The van der Waals surface area contributed by atoms with Gasteiger partial charge >= 0.3 is 0 Å². The summed E-state index contributed by atoms with van der Waals surface area (Å²) < 4.78 is 6.76. The predicted molar refractivity (Wildman–Crippen MR) is 68.2 cm³/mol. The summed E-state index contributed by atoms with van der Waals surface area (Å²) in [5.41, 5.74) is 1.16. The third-order valence-electron chi connectivity index (χ3n) is 1.82. The molecule has 1 aromatic rings. The Balaban J connectivity index is 2.83. The molecule has 0 saturated heterocycles. The van der Waals surface area contributed by atoms with Crippen LogP contribution in [0.5, 0.6) is 0 Å². The number of benzene rings is 1. The van der Waals surface area contributed by atoms with Crippen LogP contribution in [-0.2, 0) is 4.74 Å². The maximum Gasteiger partial charge on any atom is 0.102 e. The minimum absolute atomic E-state index is 0.0406. The number of hydrogen-bond donors (Lipinski definition) is 0. The summed E-state index contributed by atoms with van der Waals surface area (Å²) in [7, 11) is 0. The zero-order chi connectivity index (χ0) is 10.4. The van der Waals surface area contributed by atoms with Gasteiger partial charge < -0.3 is 4.74 Å². The predicted octanol–water partition coefficient (Wildman–Crippen LogP) is 3.72. The van der Waals surface area contributed by atoms with Gasteiger partial charge in [-0.25, -0.2) is 0 Å². The molecule has 0 saturated carbocycles. The average Bonchev–Trinajstić information content (AvgIpc) is 2.21. The minimum Gasteiger partial charge on any atom is -0.365 e. The van der Waals surface area contributed by atoms with E-state index in [1.54, 1.807) is 12.2 Å².